The van der Waals surface area contributed by atoms with Gasteiger partial charge in [0, 0.05) is 0 Å². The predicted octanol–water partition coefficient (Wildman–Crippen LogP) is 25.2. The topological polar surface area (TPSA) is 0 Å². The van der Waals surface area contributed by atoms with E-state index >= 15 is 0 Å². The largest absolute Gasteiger partial charge is 0.0683 e. The molecule has 0 saturated carbocycles. The summed E-state index contributed by atoms with van der Waals surface area (Å²) < 4.78 is 0. The summed E-state index contributed by atoms with van der Waals surface area (Å²) in [5.41, 5.74) is 19.0. The lowest BCUT2D eigenvalue weighted by molar-refractivity contribution is 1.47. The molecular weight excluding hydrogens is 901 g/mol. The lowest BCUT2D eigenvalue weighted by Gasteiger charge is -2.11. The molecule has 0 unspecified atom stereocenters. The molecule has 0 N–H and O–H groups in total. The van der Waals surface area contributed by atoms with E-state index in [0.717, 1.165) is 0 Å². The lowest BCUT2D eigenvalue weighted by atomic mass is 9.93. The molecule has 0 heterocycles. The molecule has 9 aromatic carbocycles. The van der Waals surface area contributed by atoms with E-state index in [4.69, 9.17) is 0 Å². The first-order valence-electron chi connectivity index (χ1n) is 28.7. The molecule has 0 aliphatic rings. The van der Waals surface area contributed by atoms with E-state index in [1.807, 2.05) is 137 Å². The van der Waals surface area contributed by atoms with Crippen molar-refractivity contribution < 1.29 is 0 Å². The van der Waals surface area contributed by atoms with Crippen molar-refractivity contribution in [1.29, 1.82) is 0 Å². The van der Waals surface area contributed by atoms with E-state index in [1.54, 1.807) is 0 Å². The number of hydrogen-bond donors (Lipinski definition) is 0. The molecule has 0 aliphatic heterocycles. The van der Waals surface area contributed by atoms with E-state index in [1.165, 1.54) is 83.5 Å². The Bertz CT molecular complexity index is 2490. The zero-order valence-electron chi connectivity index (χ0n) is 51.0. The van der Waals surface area contributed by atoms with Crippen molar-refractivity contribution in [2.45, 2.75) is 145 Å². The highest BCUT2D eigenvalue weighted by Crippen LogP contribution is 2.33. The van der Waals surface area contributed by atoms with Crippen LogP contribution < -0.4 is 0 Å². The quantitative estimate of drug-likeness (QED) is 0.156. The molecule has 402 valence electrons. The average molecular weight is 1000 g/mol. The summed E-state index contributed by atoms with van der Waals surface area (Å²) in [6.45, 7) is 42.3. The first-order valence-corrected chi connectivity index (χ1v) is 28.7. The fourth-order valence-corrected chi connectivity index (χ4v) is 6.74. The van der Waals surface area contributed by atoms with Crippen LogP contribution in [0.1, 0.15) is 141 Å². The Morgan fingerprint density at radius 1 is 0.133 bits per heavy atom. The third-order valence-corrected chi connectivity index (χ3v) is 10.1. The van der Waals surface area contributed by atoms with Gasteiger partial charge in [-0.05, 0) is 106 Å². The zero-order valence-corrected chi connectivity index (χ0v) is 51.0. The first-order chi connectivity index (χ1) is 37.0. The van der Waals surface area contributed by atoms with Crippen LogP contribution in [0, 0.1) is 20.8 Å². The van der Waals surface area contributed by atoms with Crippen LogP contribution in [0.25, 0.3) is 66.8 Å². The van der Waals surface area contributed by atoms with Gasteiger partial charge in [0.05, 0.1) is 0 Å². The lowest BCUT2D eigenvalue weighted by Crippen LogP contribution is -1.86. The molecule has 0 saturated heterocycles. The predicted molar refractivity (Wildman–Crippen MR) is 348 cm³/mol. The Morgan fingerprint density at radius 2 is 0.253 bits per heavy atom. The van der Waals surface area contributed by atoms with Crippen molar-refractivity contribution in [3.8, 4) is 66.8 Å². The Balaban J connectivity index is -0.000000925. The van der Waals surface area contributed by atoms with Crippen LogP contribution in [0.4, 0.5) is 0 Å². The number of aryl methyl sites for hydroxylation is 3. The smallest absolute Gasteiger partial charge is 0.0172 e. The first kappa shape index (κ1) is 72.2. The summed E-state index contributed by atoms with van der Waals surface area (Å²) in [7, 11) is 0. The van der Waals surface area contributed by atoms with Crippen LogP contribution >= 0.6 is 0 Å². The fourth-order valence-electron chi connectivity index (χ4n) is 6.74. The fraction of sp³-hybridized carbons (Fsp3) is 0.280. The zero-order chi connectivity index (χ0) is 57.2. The molecule has 9 aromatic rings. The number of benzene rings is 9. The van der Waals surface area contributed by atoms with Crippen molar-refractivity contribution in [3.05, 3.63) is 253 Å². The van der Waals surface area contributed by atoms with Crippen LogP contribution in [-0.2, 0) is 0 Å². The molecule has 0 spiro atoms. The maximum Gasteiger partial charge on any atom is -0.0172 e. The second-order valence-electron chi connectivity index (χ2n) is 14.4. The van der Waals surface area contributed by atoms with E-state index < -0.39 is 0 Å². The second kappa shape index (κ2) is 49.2. The van der Waals surface area contributed by atoms with Crippen LogP contribution in [0.5, 0.6) is 0 Å². The van der Waals surface area contributed by atoms with Crippen LogP contribution in [-0.4, -0.2) is 0 Å². The molecule has 9 rings (SSSR count). The maximum absolute atomic E-state index is 2.28. The van der Waals surface area contributed by atoms with Gasteiger partial charge in [0.25, 0.3) is 0 Å². The molecule has 0 aromatic heterocycles. The molecule has 0 nitrogen and oxygen atoms in total. The molecular formula is C75H102. The SMILES string of the molecule is CC.CC.CC.CC.CC.CC.CC.CC.CC.Cc1ccc(-c2cc(-c3ccccc3)cc(-c3ccccc3)c2)cc1.Cc1ccc(-c2ccc(-c3ccccc3)cc2)cc1.Cc1ccc(-c2ccccc2)cc1. The van der Waals surface area contributed by atoms with Crippen molar-refractivity contribution in [3.63, 3.8) is 0 Å². The summed E-state index contributed by atoms with van der Waals surface area (Å²) in [5.74, 6) is 0. The van der Waals surface area contributed by atoms with Gasteiger partial charge in [-0.25, -0.2) is 0 Å². The van der Waals surface area contributed by atoms with Gasteiger partial charge in [-0.3, -0.25) is 0 Å². The summed E-state index contributed by atoms with van der Waals surface area (Å²) in [6, 6.07) is 83.7. The third kappa shape index (κ3) is 27.7. The molecule has 75 heavy (non-hydrogen) atoms. The van der Waals surface area contributed by atoms with Gasteiger partial charge in [0.15, 0.2) is 0 Å². The van der Waals surface area contributed by atoms with E-state index in [9.17, 15) is 0 Å². The van der Waals surface area contributed by atoms with Crippen molar-refractivity contribution in [2.24, 2.45) is 0 Å². The standard InChI is InChI=1S/C25H20.C19H16.C13H12.9C2H6/c1-19-12-14-22(15-13-19)25-17-23(20-8-4-2-5-9-20)16-24(18-25)21-10-6-3-7-11-21;1-15-7-9-17(10-8-15)19-13-11-18(12-14-19)16-5-3-2-4-6-16;1-11-7-9-13(10-8-11)12-5-3-2-4-6-12;9*1-2/h2-18H,1H3;2-14H,1H3;2-10H,1H3;9*1-2H3. The normalized spacial score (nSPS) is 8.60. The second-order valence-corrected chi connectivity index (χ2v) is 14.4. The molecule has 0 aliphatic carbocycles. The van der Waals surface area contributed by atoms with E-state index in [0.29, 0.717) is 0 Å². The van der Waals surface area contributed by atoms with Crippen LogP contribution in [0.3, 0.4) is 0 Å². The van der Waals surface area contributed by atoms with Gasteiger partial charge in [0.1, 0.15) is 0 Å². The third-order valence-electron chi connectivity index (χ3n) is 10.1. The Kier molecular flexibility index (Phi) is 47.4. The van der Waals surface area contributed by atoms with Gasteiger partial charge in [0.2, 0.25) is 0 Å². The van der Waals surface area contributed by atoms with Crippen molar-refractivity contribution in [1.82, 2.24) is 0 Å². The summed E-state index contributed by atoms with van der Waals surface area (Å²) in [6.07, 6.45) is 0. The van der Waals surface area contributed by atoms with Gasteiger partial charge in [-0.1, -0.05) is 360 Å². The van der Waals surface area contributed by atoms with E-state index in [2.05, 4.69) is 245 Å². The Hall–Kier alpha value is -7.02. The molecule has 0 heteroatoms. The molecule has 0 fully saturated rings. The number of hydrogen-bond acceptors (Lipinski definition) is 0. The molecule has 0 amide bonds. The van der Waals surface area contributed by atoms with Crippen molar-refractivity contribution >= 4 is 0 Å². The minimum atomic E-state index is 1.24. The average Bonchev–Trinajstić information content (AvgIpc) is 3.53. The number of rotatable bonds is 6. The summed E-state index contributed by atoms with van der Waals surface area (Å²) >= 11 is 0. The molecule has 0 atom stereocenters. The van der Waals surface area contributed by atoms with Crippen molar-refractivity contribution in [2.75, 3.05) is 0 Å². The van der Waals surface area contributed by atoms with Gasteiger partial charge < -0.3 is 0 Å². The van der Waals surface area contributed by atoms with Crippen LogP contribution in [0.15, 0.2) is 237 Å². The van der Waals surface area contributed by atoms with Gasteiger partial charge in [-0.2, -0.15) is 0 Å². The summed E-state index contributed by atoms with van der Waals surface area (Å²) in [5, 5.41) is 0. The Labute approximate surface area is 463 Å². The highest BCUT2D eigenvalue weighted by molar-refractivity contribution is 5.81. The Morgan fingerprint density at radius 3 is 0.427 bits per heavy atom. The summed E-state index contributed by atoms with van der Waals surface area (Å²) in [4.78, 5) is 0. The highest BCUT2D eigenvalue weighted by Gasteiger charge is 2.07. The minimum absolute atomic E-state index is 1.24. The van der Waals surface area contributed by atoms with E-state index in [-0.39, 0.29) is 0 Å². The maximum atomic E-state index is 2.28. The monoisotopic (exact) mass is 1000 g/mol. The molecule has 0 bridgehead atoms. The molecule has 0 radical (unpaired) electrons. The van der Waals surface area contributed by atoms with Crippen LogP contribution in [0.2, 0.25) is 0 Å². The minimum Gasteiger partial charge on any atom is -0.0683 e. The van der Waals surface area contributed by atoms with Gasteiger partial charge >= 0.3 is 0 Å². The van der Waals surface area contributed by atoms with Gasteiger partial charge in [-0.15, -0.1) is 0 Å². The highest BCUT2D eigenvalue weighted by atomic mass is 14.1.